The van der Waals surface area contributed by atoms with Crippen LogP contribution in [0.5, 0.6) is 0 Å². The molecule has 0 heterocycles. The van der Waals surface area contributed by atoms with E-state index in [-0.39, 0.29) is 0 Å². The largest absolute Gasteiger partial charge is 0.505 e. The zero-order valence-electron chi connectivity index (χ0n) is 8.26. The standard InChI is InChI=1S/C8H18ClO2Si/c1-7(2)5-10-12(9)11-6-8(3)4/h7-8H,5-6H2,1-4H3. The van der Waals surface area contributed by atoms with Gasteiger partial charge in [-0.1, -0.05) is 38.8 Å². The van der Waals surface area contributed by atoms with Gasteiger partial charge in [-0.25, -0.2) is 0 Å². The monoisotopic (exact) mass is 209 g/mol. The van der Waals surface area contributed by atoms with E-state index in [0.717, 1.165) is 0 Å². The van der Waals surface area contributed by atoms with Crippen LogP contribution in [0.4, 0.5) is 0 Å². The molecule has 1 radical (unpaired) electrons. The van der Waals surface area contributed by atoms with Gasteiger partial charge in [0.2, 0.25) is 0 Å². The van der Waals surface area contributed by atoms with Crippen molar-refractivity contribution in [2.45, 2.75) is 27.7 Å². The molecular formula is C8H18ClO2Si. The highest BCUT2D eigenvalue weighted by Gasteiger charge is 2.13. The van der Waals surface area contributed by atoms with E-state index in [0.29, 0.717) is 25.0 Å². The summed E-state index contributed by atoms with van der Waals surface area (Å²) < 4.78 is 10.6. The van der Waals surface area contributed by atoms with E-state index in [1.54, 1.807) is 0 Å². The third-order valence-corrected chi connectivity index (χ3v) is 2.50. The fourth-order valence-electron chi connectivity index (χ4n) is 0.506. The molecule has 0 spiro atoms. The lowest BCUT2D eigenvalue weighted by Crippen LogP contribution is -2.21. The summed E-state index contributed by atoms with van der Waals surface area (Å²) in [5.74, 6) is 1.04. The number of hydrogen-bond donors (Lipinski definition) is 0. The van der Waals surface area contributed by atoms with E-state index in [4.69, 9.17) is 19.9 Å². The van der Waals surface area contributed by atoms with Crippen LogP contribution in [0, 0.1) is 11.8 Å². The summed E-state index contributed by atoms with van der Waals surface area (Å²) in [7, 11) is -1.51. The summed E-state index contributed by atoms with van der Waals surface area (Å²) in [6.07, 6.45) is 0. The van der Waals surface area contributed by atoms with E-state index < -0.39 is 8.59 Å². The van der Waals surface area contributed by atoms with Crippen molar-refractivity contribution in [2.75, 3.05) is 13.2 Å². The van der Waals surface area contributed by atoms with Crippen molar-refractivity contribution in [2.24, 2.45) is 11.8 Å². The molecular weight excluding hydrogens is 192 g/mol. The Morgan fingerprint density at radius 3 is 1.58 bits per heavy atom. The fraction of sp³-hybridized carbons (Fsp3) is 1.00. The minimum Gasteiger partial charge on any atom is -0.381 e. The normalized spacial score (nSPS) is 12.0. The minimum atomic E-state index is -1.51. The molecule has 0 aromatic carbocycles. The Morgan fingerprint density at radius 1 is 1.00 bits per heavy atom. The molecule has 0 aliphatic carbocycles. The molecule has 0 saturated carbocycles. The van der Waals surface area contributed by atoms with Crippen LogP contribution in [-0.2, 0) is 8.85 Å². The Kier molecular flexibility index (Phi) is 7.14. The highest BCUT2D eigenvalue weighted by Crippen LogP contribution is 2.02. The van der Waals surface area contributed by atoms with Gasteiger partial charge in [0.25, 0.3) is 0 Å². The number of hydrogen-bond acceptors (Lipinski definition) is 2. The maximum atomic E-state index is 5.83. The lowest BCUT2D eigenvalue weighted by atomic mass is 10.2. The fourth-order valence-corrected chi connectivity index (χ4v) is 1.90. The van der Waals surface area contributed by atoms with E-state index >= 15 is 0 Å². The number of halogens is 1. The van der Waals surface area contributed by atoms with Crippen molar-refractivity contribution in [1.82, 2.24) is 0 Å². The van der Waals surface area contributed by atoms with Crippen LogP contribution in [0.15, 0.2) is 0 Å². The van der Waals surface area contributed by atoms with Gasteiger partial charge in [0, 0.05) is 13.2 Å². The Morgan fingerprint density at radius 2 is 1.33 bits per heavy atom. The van der Waals surface area contributed by atoms with Crippen LogP contribution in [0.1, 0.15) is 27.7 Å². The van der Waals surface area contributed by atoms with Gasteiger partial charge in [-0.3, -0.25) is 0 Å². The van der Waals surface area contributed by atoms with Gasteiger partial charge in [-0.15, -0.1) is 0 Å². The molecule has 0 rings (SSSR count). The van der Waals surface area contributed by atoms with Crippen LogP contribution in [-0.4, -0.2) is 21.8 Å². The van der Waals surface area contributed by atoms with Crippen LogP contribution >= 0.6 is 11.1 Å². The van der Waals surface area contributed by atoms with Crippen molar-refractivity contribution in [3.63, 3.8) is 0 Å². The Labute approximate surface area is 81.8 Å². The summed E-state index contributed by atoms with van der Waals surface area (Å²) in [4.78, 5) is 0. The zero-order valence-corrected chi connectivity index (χ0v) is 10.0. The van der Waals surface area contributed by atoms with Gasteiger partial charge in [0.15, 0.2) is 0 Å². The van der Waals surface area contributed by atoms with Crippen molar-refractivity contribution >= 4 is 19.7 Å². The molecule has 0 fully saturated rings. The molecule has 0 bridgehead atoms. The quantitative estimate of drug-likeness (QED) is 0.495. The van der Waals surface area contributed by atoms with E-state index in [9.17, 15) is 0 Å². The van der Waals surface area contributed by atoms with Crippen LogP contribution in [0.3, 0.4) is 0 Å². The molecule has 0 amide bonds. The first-order valence-corrected chi connectivity index (χ1v) is 6.63. The average molecular weight is 210 g/mol. The summed E-state index contributed by atoms with van der Waals surface area (Å²) in [6.45, 7) is 9.75. The van der Waals surface area contributed by atoms with E-state index in [1.807, 2.05) is 0 Å². The van der Waals surface area contributed by atoms with Gasteiger partial charge >= 0.3 is 8.59 Å². The second-order valence-electron chi connectivity index (χ2n) is 3.65. The molecule has 0 unspecified atom stereocenters. The first-order chi connectivity index (χ1) is 5.52. The first-order valence-electron chi connectivity index (χ1n) is 4.30. The van der Waals surface area contributed by atoms with Crippen molar-refractivity contribution in [3.8, 4) is 0 Å². The molecule has 4 heteroatoms. The Hall–Kier alpha value is 0.427. The lowest BCUT2D eigenvalue weighted by molar-refractivity contribution is 0.178. The summed E-state index contributed by atoms with van der Waals surface area (Å²) in [6, 6.07) is 0. The van der Waals surface area contributed by atoms with Gasteiger partial charge in [0.05, 0.1) is 0 Å². The molecule has 2 nitrogen and oxygen atoms in total. The highest BCUT2D eigenvalue weighted by atomic mass is 35.6. The molecule has 0 aliphatic heterocycles. The van der Waals surface area contributed by atoms with E-state index in [1.165, 1.54) is 0 Å². The van der Waals surface area contributed by atoms with Gasteiger partial charge in [-0.2, -0.15) is 0 Å². The Balaban J connectivity index is 3.27. The SMILES string of the molecule is CC(C)CO[Si](Cl)OCC(C)C. The van der Waals surface area contributed by atoms with Crippen LogP contribution in [0.25, 0.3) is 0 Å². The minimum absolute atomic E-state index is 0.520. The molecule has 0 aromatic rings. The highest BCUT2D eigenvalue weighted by molar-refractivity contribution is 6.99. The van der Waals surface area contributed by atoms with Crippen LogP contribution in [0.2, 0.25) is 0 Å². The lowest BCUT2D eigenvalue weighted by Gasteiger charge is -2.11. The third-order valence-electron chi connectivity index (χ3n) is 1.06. The average Bonchev–Trinajstić information content (AvgIpc) is 1.96. The summed E-state index contributed by atoms with van der Waals surface area (Å²) >= 11 is 5.83. The molecule has 73 valence electrons. The topological polar surface area (TPSA) is 18.5 Å². The second-order valence-corrected chi connectivity index (χ2v) is 5.63. The van der Waals surface area contributed by atoms with Gasteiger partial charge in [-0.05, 0) is 11.8 Å². The van der Waals surface area contributed by atoms with Crippen molar-refractivity contribution < 1.29 is 8.85 Å². The second kappa shape index (κ2) is 6.89. The number of rotatable bonds is 6. The smallest absolute Gasteiger partial charge is 0.381 e. The predicted octanol–water partition coefficient (Wildman–Crippen LogP) is 2.56. The van der Waals surface area contributed by atoms with Crippen molar-refractivity contribution in [1.29, 1.82) is 0 Å². The summed E-state index contributed by atoms with van der Waals surface area (Å²) in [5, 5.41) is 0. The third kappa shape index (κ3) is 8.52. The molecule has 0 N–H and O–H groups in total. The maximum absolute atomic E-state index is 5.83. The molecule has 12 heavy (non-hydrogen) atoms. The molecule has 0 atom stereocenters. The predicted molar refractivity (Wildman–Crippen MR) is 53.2 cm³/mol. The molecule has 0 aliphatic rings. The van der Waals surface area contributed by atoms with Gasteiger partial charge in [0.1, 0.15) is 0 Å². The molecule has 0 aromatic heterocycles. The van der Waals surface area contributed by atoms with Crippen molar-refractivity contribution in [3.05, 3.63) is 0 Å². The summed E-state index contributed by atoms with van der Waals surface area (Å²) in [5.41, 5.74) is 0. The Bertz CT molecular complexity index is 97.2. The van der Waals surface area contributed by atoms with E-state index in [2.05, 4.69) is 27.7 Å². The first kappa shape index (κ1) is 12.4. The zero-order chi connectivity index (χ0) is 9.56. The van der Waals surface area contributed by atoms with Gasteiger partial charge < -0.3 is 8.85 Å². The van der Waals surface area contributed by atoms with Crippen LogP contribution < -0.4 is 0 Å². The maximum Gasteiger partial charge on any atom is 0.505 e. The molecule has 0 saturated heterocycles.